The smallest absolute Gasteiger partial charge is 0.122 e. The van der Waals surface area contributed by atoms with Gasteiger partial charge >= 0.3 is 0 Å². The molecule has 0 spiro atoms. The first-order chi connectivity index (χ1) is 10.1. The third-order valence-electron chi connectivity index (χ3n) is 4.02. The van der Waals surface area contributed by atoms with Crippen LogP contribution in [-0.4, -0.2) is 12.4 Å². The number of para-hydroxylation sites is 1. The van der Waals surface area contributed by atoms with Crippen molar-refractivity contribution in [2.24, 2.45) is 5.92 Å². The van der Waals surface area contributed by atoms with Gasteiger partial charge in [0.2, 0.25) is 0 Å². The monoisotopic (exact) mass is 346 g/mol. The molecule has 0 aliphatic rings. The van der Waals surface area contributed by atoms with Crippen LogP contribution in [0.4, 0.5) is 0 Å². The standard InChI is InChI=1S/C19H23BrO/c1-14-8-9-16(10-15(14)2)11-17(13-20)12-18-6-4-5-7-19(18)21-3/h4-10,17H,11-13H2,1-3H3. The number of hydrogen-bond acceptors (Lipinski definition) is 1. The molecule has 0 saturated heterocycles. The Morgan fingerprint density at radius 1 is 1.00 bits per heavy atom. The molecule has 1 atom stereocenters. The van der Waals surface area contributed by atoms with Crippen LogP contribution in [0, 0.1) is 19.8 Å². The fraction of sp³-hybridized carbons (Fsp3) is 0.368. The topological polar surface area (TPSA) is 9.23 Å². The predicted octanol–water partition coefficient (Wildman–Crippen LogP) is 5.11. The summed E-state index contributed by atoms with van der Waals surface area (Å²) in [6.07, 6.45) is 2.12. The Bertz CT molecular complexity index is 592. The van der Waals surface area contributed by atoms with E-state index in [0.29, 0.717) is 5.92 Å². The van der Waals surface area contributed by atoms with Crippen LogP contribution in [0.1, 0.15) is 22.3 Å². The Morgan fingerprint density at radius 2 is 1.76 bits per heavy atom. The van der Waals surface area contributed by atoms with Crippen molar-refractivity contribution in [2.45, 2.75) is 26.7 Å². The molecule has 112 valence electrons. The fourth-order valence-corrected chi connectivity index (χ4v) is 3.09. The van der Waals surface area contributed by atoms with Gasteiger partial charge in [-0.3, -0.25) is 0 Å². The molecule has 2 aromatic carbocycles. The molecule has 2 heteroatoms. The maximum absolute atomic E-state index is 5.46. The fourth-order valence-electron chi connectivity index (χ4n) is 2.63. The first-order valence-electron chi connectivity index (χ1n) is 7.38. The maximum Gasteiger partial charge on any atom is 0.122 e. The van der Waals surface area contributed by atoms with Crippen LogP contribution in [0.5, 0.6) is 5.75 Å². The highest BCUT2D eigenvalue weighted by Crippen LogP contribution is 2.24. The summed E-state index contributed by atoms with van der Waals surface area (Å²) in [6.45, 7) is 4.35. The van der Waals surface area contributed by atoms with Crippen molar-refractivity contribution >= 4 is 15.9 Å². The van der Waals surface area contributed by atoms with E-state index >= 15 is 0 Å². The molecule has 0 heterocycles. The van der Waals surface area contributed by atoms with Crippen LogP contribution < -0.4 is 4.74 Å². The largest absolute Gasteiger partial charge is 0.496 e. The lowest BCUT2D eigenvalue weighted by molar-refractivity contribution is 0.406. The zero-order valence-electron chi connectivity index (χ0n) is 13.0. The Morgan fingerprint density at radius 3 is 2.43 bits per heavy atom. The normalized spacial score (nSPS) is 12.2. The van der Waals surface area contributed by atoms with Crippen LogP contribution in [0.15, 0.2) is 42.5 Å². The molecule has 1 unspecified atom stereocenters. The molecule has 0 aliphatic heterocycles. The van der Waals surface area contributed by atoms with Gasteiger partial charge in [0.1, 0.15) is 5.75 Å². The van der Waals surface area contributed by atoms with Crippen molar-refractivity contribution < 1.29 is 4.74 Å². The van der Waals surface area contributed by atoms with Gasteiger partial charge in [-0.15, -0.1) is 0 Å². The zero-order valence-corrected chi connectivity index (χ0v) is 14.6. The summed E-state index contributed by atoms with van der Waals surface area (Å²) in [5.41, 5.74) is 5.43. The van der Waals surface area contributed by atoms with Gasteiger partial charge in [-0.2, -0.15) is 0 Å². The summed E-state index contributed by atoms with van der Waals surface area (Å²) in [4.78, 5) is 0. The zero-order chi connectivity index (χ0) is 15.2. The van der Waals surface area contributed by atoms with E-state index in [2.05, 4.69) is 60.1 Å². The highest BCUT2D eigenvalue weighted by Gasteiger charge is 2.12. The van der Waals surface area contributed by atoms with Gasteiger partial charge in [-0.25, -0.2) is 0 Å². The highest BCUT2D eigenvalue weighted by molar-refractivity contribution is 9.09. The van der Waals surface area contributed by atoms with Crippen molar-refractivity contribution in [2.75, 3.05) is 12.4 Å². The van der Waals surface area contributed by atoms with E-state index in [0.717, 1.165) is 23.9 Å². The summed E-state index contributed by atoms with van der Waals surface area (Å²) < 4.78 is 5.46. The number of methoxy groups -OCH3 is 1. The SMILES string of the molecule is COc1ccccc1CC(CBr)Cc1ccc(C)c(C)c1. The van der Waals surface area contributed by atoms with Gasteiger partial charge < -0.3 is 4.74 Å². The number of rotatable bonds is 6. The number of benzene rings is 2. The van der Waals surface area contributed by atoms with Crippen LogP contribution in [0.25, 0.3) is 0 Å². The van der Waals surface area contributed by atoms with Gasteiger partial charge in [0.05, 0.1) is 7.11 Å². The van der Waals surface area contributed by atoms with Gasteiger partial charge in [0, 0.05) is 5.33 Å². The summed E-state index contributed by atoms with van der Waals surface area (Å²) in [5.74, 6) is 1.56. The van der Waals surface area contributed by atoms with Crippen LogP contribution in [0.3, 0.4) is 0 Å². The van der Waals surface area contributed by atoms with E-state index in [1.54, 1.807) is 7.11 Å². The Balaban J connectivity index is 2.11. The molecule has 0 aliphatic carbocycles. The van der Waals surface area contributed by atoms with E-state index in [1.165, 1.54) is 22.3 Å². The second-order valence-corrected chi connectivity index (χ2v) is 6.31. The van der Waals surface area contributed by atoms with Crippen LogP contribution in [0.2, 0.25) is 0 Å². The van der Waals surface area contributed by atoms with Crippen molar-refractivity contribution in [3.63, 3.8) is 0 Å². The molecule has 21 heavy (non-hydrogen) atoms. The quantitative estimate of drug-likeness (QED) is 0.660. The molecule has 0 N–H and O–H groups in total. The van der Waals surface area contributed by atoms with Crippen LogP contribution in [-0.2, 0) is 12.8 Å². The number of aryl methyl sites for hydroxylation is 2. The van der Waals surface area contributed by atoms with Crippen LogP contribution >= 0.6 is 15.9 Å². The summed E-state index contributed by atoms with van der Waals surface area (Å²) in [6, 6.07) is 15.1. The van der Waals surface area contributed by atoms with E-state index in [9.17, 15) is 0 Å². The molecule has 0 amide bonds. The molecule has 0 radical (unpaired) electrons. The molecule has 0 fully saturated rings. The number of ether oxygens (including phenoxy) is 1. The second-order valence-electron chi connectivity index (χ2n) is 5.66. The number of halogens is 1. The van der Waals surface area contributed by atoms with E-state index in [-0.39, 0.29) is 0 Å². The lowest BCUT2D eigenvalue weighted by Crippen LogP contribution is -2.11. The van der Waals surface area contributed by atoms with Gasteiger partial charge in [-0.1, -0.05) is 52.3 Å². The predicted molar refractivity (Wildman–Crippen MR) is 93.6 cm³/mol. The molecule has 2 rings (SSSR count). The first-order valence-corrected chi connectivity index (χ1v) is 8.50. The van der Waals surface area contributed by atoms with Crippen molar-refractivity contribution in [1.29, 1.82) is 0 Å². The summed E-state index contributed by atoms with van der Waals surface area (Å²) in [7, 11) is 1.74. The second kappa shape index (κ2) is 7.65. The maximum atomic E-state index is 5.46. The van der Waals surface area contributed by atoms with Crippen molar-refractivity contribution in [3.05, 3.63) is 64.7 Å². The minimum atomic E-state index is 0.573. The minimum Gasteiger partial charge on any atom is -0.496 e. The molecule has 0 bridgehead atoms. The van der Waals surface area contributed by atoms with Gasteiger partial charge in [0.15, 0.2) is 0 Å². The van der Waals surface area contributed by atoms with E-state index in [4.69, 9.17) is 4.74 Å². The third kappa shape index (κ3) is 4.34. The molecule has 1 nitrogen and oxygen atoms in total. The van der Waals surface area contributed by atoms with Gasteiger partial charge in [-0.05, 0) is 60.9 Å². The first kappa shape index (κ1) is 16.1. The Kier molecular flexibility index (Phi) is 5.86. The highest BCUT2D eigenvalue weighted by atomic mass is 79.9. The molecule has 2 aromatic rings. The molecular formula is C19H23BrO. The van der Waals surface area contributed by atoms with E-state index in [1.807, 2.05) is 12.1 Å². The third-order valence-corrected chi connectivity index (χ3v) is 4.93. The molecule has 0 aromatic heterocycles. The van der Waals surface area contributed by atoms with Gasteiger partial charge in [0.25, 0.3) is 0 Å². The number of hydrogen-bond donors (Lipinski definition) is 0. The lowest BCUT2D eigenvalue weighted by Gasteiger charge is -2.17. The average Bonchev–Trinajstić information content (AvgIpc) is 2.50. The minimum absolute atomic E-state index is 0.573. The number of alkyl halides is 1. The lowest BCUT2D eigenvalue weighted by atomic mass is 9.92. The van der Waals surface area contributed by atoms with Crippen molar-refractivity contribution in [3.8, 4) is 5.75 Å². The molecule has 0 saturated carbocycles. The summed E-state index contributed by atoms with van der Waals surface area (Å²) >= 11 is 3.67. The Hall–Kier alpha value is -1.28. The molecular weight excluding hydrogens is 324 g/mol. The van der Waals surface area contributed by atoms with Crippen molar-refractivity contribution in [1.82, 2.24) is 0 Å². The Labute approximate surface area is 136 Å². The average molecular weight is 347 g/mol. The summed E-state index contributed by atoms with van der Waals surface area (Å²) in [5, 5.41) is 0.998. The van der Waals surface area contributed by atoms with E-state index < -0.39 is 0 Å².